The van der Waals surface area contributed by atoms with Crippen LogP contribution in [-0.4, -0.2) is 124 Å². The minimum atomic E-state index is -1.63. The lowest BCUT2D eigenvalue weighted by Crippen LogP contribution is -2.61. The number of guanidine groups is 1. The Balaban J connectivity index is 5.73. The number of aliphatic hydroxyl groups excluding tert-OH is 2. The van der Waals surface area contributed by atoms with Gasteiger partial charge in [0.15, 0.2) is 5.96 Å². The zero-order chi connectivity index (χ0) is 31.7. The van der Waals surface area contributed by atoms with Crippen molar-refractivity contribution in [3.05, 3.63) is 0 Å². The average molecular weight is 626 g/mol. The van der Waals surface area contributed by atoms with Crippen LogP contribution >= 0.6 is 25.3 Å². The van der Waals surface area contributed by atoms with Gasteiger partial charge < -0.3 is 59.1 Å². The monoisotopic (exact) mass is 625 g/mol. The molecule has 0 saturated heterocycles. The molecule has 0 aromatic rings. The lowest BCUT2D eigenvalue weighted by atomic mass is 10.1. The number of thiol groups is 2. The molecule has 0 aliphatic carbocycles. The third kappa shape index (κ3) is 14.7. The molecule has 0 aliphatic rings. The maximum absolute atomic E-state index is 13.1. The summed E-state index contributed by atoms with van der Waals surface area (Å²) in [6.07, 6.45) is -1.41. The number of carboxylic acid groups (broad SMARTS) is 1. The maximum atomic E-state index is 13.1. The van der Waals surface area contributed by atoms with Gasteiger partial charge in [0.05, 0.1) is 18.8 Å². The standard InChI is InChI=1S/C21H39N9O9S2/c1-9(32)15(20(39)29-13(8-41)17(36)26-5-14(33)34)30-18(37)11(3-2-4-25-21(23)24)27-19(38)12(6-31)28-16(35)10(22)7-40/h9-13,15,31-32,40-41H,2-8,22H2,1H3,(H,26,36)(H,27,38)(H,28,35)(H,29,39)(H,30,37)(H,33,34)(H4,23,24,25). The first-order valence-electron chi connectivity index (χ1n) is 12.2. The number of nitrogens with zero attached hydrogens (tertiary/aromatic N) is 1. The second-order valence-corrected chi connectivity index (χ2v) is 9.36. The molecule has 0 heterocycles. The van der Waals surface area contributed by atoms with Crippen LogP contribution in [0.4, 0.5) is 0 Å². The number of nitrogens with one attached hydrogen (secondary N) is 5. The minimum Gasteiger partial charge on any atom is -0.480 e. The SMILES string of the molecule is CC(O)C(NC(=O)C(CCCN=C(N)N)NC(=O)C(CO)NC(=O)C(N)CS)C(=O)NC(CS)C(=O)NCC(=O)O. The van der Waals surface area contributed by atoms with E-state index in [9.17, 15) is 39.0 Å². The summed E-state index contributed by atoms with van der Waals surface area (Å²) in [5.74, 6) is -6.39. The largest absolute Gasteiger partial charge is 0.480 e. The molecule has 5 amide bonds. The molecule has 0 saturated carbocycles. The van der Waals surface area contributed by atoms with Crippen molar-refractivity contribution < 1.29 is 44.1 Å². The van der Waals surface area contributed by atoms with E-state index in [-0.39, 0.29) is 36.9 Å². The van der Waals surface area contributed by atoms with Crippen LogP contribution < -0.4 is 43.8 Å². The molecule has 20 heteroatoms. The van der Waals surface area contributed by atoms with Gasteiger partial charge in [0.2, 0.25) is 29.5 Å². The van der Waals surface area contributed by atoms with Crippen molar-refractivity contribution in [3.8, 4) is 0 Å². The van der Waals surface area contributed by atoms with Crippen LogP contribution in [0.3, 0.4) is 0 Å². The van der Waals surface area contributed by atoms with Gasteiger partial charge in [0, 0.05) is 18.1 Å². The van der Waals surface area contributed by atoms with Crippen LogP contribution in [0.1, 0.15) is 19.8 Å². The average Bonchev–Trinajstić information content (AvgIpc) is 2.91. The number of carbonyl (C=O) groups is 6. The highest BCUT2D eigenvalue weighted by Crippen LogP contribution is 2.04. The van der Waals surface area contributed by atoms with Crippen molar-refractivity contribution in [2.45, 2.75) is 56.1 Å². The highest BCUT2D eigenvalue weighted by Gasteiger charge is 2.33. The number of aliphatic carboxylic acids is 1. The Morgan fingerprint density at radius 3 is 1.88 bits per heavy atom. The lowest BCUT2D eigenvalue weighted by molar-refractivity contribution is -0.138. The van der Waals surface area contributed by atoms with E-state index in [1.165, 1.54) is 6.92 Å². The van der Waals surface area contributed by atoms with E-state index in [0.717, 1.165) is 0 Å². The van der Waals surface area contributed by atoms with Gasteiger partial charge in [-0.3, -0.25) is 33.8 Å². The quantitative estimate of drug-likeness (QED) is 0.0276. The summed E-state index contributed by atoms with van der Waals surface area (Å²) in [7, 11) is 0. The molecule has 0 spiro atoms. The van der Waals surface area contributed by atoms with Crippen molar-refractivity contribution >= 4 is 66.7 Å². The smallest absolute Gasteiger partial charge is 0.322 e. The molecular formula is C21H39N9O9S2. The zero-order valence-electron chi connectivity index (χ0n) is 22.3. The van der Waals surface area contributed by atoms with E-state index in [2.05, 4.69) is 56.8 Å². The van der Waals surface area contributed by atoms with Crippen LogP contribution in [0.25, 0.3) is 0 Å². The predicted octanol–water partition coefficient (Wildman–Crippen LogP) is -6.26. The number of nitrogens with two attached hydrogens (primary N) is 3. The van der Waals surface area contributed by atoms with E-state index in [0.29, 0.717) is 0 Å². The fraction of sp³-hybridized carbons (Fsp3) is 0.667. The Morgan fingerprint density at radius 2 is 1.39 bits per heavy atom. The predicted molar refractivity (Wildman–Crippen MR) is 153 cm³/mol. The van der Waals surface area contributed by atoms with Gasteiger partial charge in [-0.2, -0.15) is 25.3 Å². The fourth-order valence-electron chi connectivity index (χ4n) is 3.00. The van der Waals surface area contributed by atoms with Gasteiger partial charge in [-0.05, 0) is 19.8 Å². The van der Waals surface area contributed by atoms with Crippen LogP contribution in [-0.2, 0) is 28.8 Å². The molecule has 0 bridgehead atoms. The minimum absolute atomic E-state index is 0.0421. The molecular weight excluding hydrogens is 586 g/mol. The molecule has 41 heavy (non-hydrogen) atoms. The lowest BCUT2D eigenvalue weighted by Gasteiger charge is -2.27. The van der Waals surface area contributed by atoms with Gasteiger partial charge in [0.1, 0.15) is 30.7 Å². The van der Waals surface area contributed by atoms with E-state index < -0.39 is 85.0 Å². The Kier molecular flexibility index (Phi) is 18.1. The summed E-state index contributed by atoms with van der Waals surface area (Å²) in [5, 5.41) is 39.7. The molecule has 6 atom stereocenters. The molecule has 14 N–H and O–H groups in total. The number of rotatable bonds is 19. The number of amides is 5. The van der Waals surface area contributed by atoms with Gasteiger partial charge in [-0.25, -0.2) is 0 Å². The van der Waals surface area contributed by atoms with E-state index in [4.69, 9.17) is 22.3 Å². The highest BCUT2D eigenvalue weighted by molar-refractivity contribution is 7.80. The molecule has 0 rings (SSSR count). The molecule has 0 radical (unpaired) electrons. The second-order valence-electron chi connectivity index (χ2n) is 8.62. The Hall–Kier alpha value is -3.33. The molecule has 0 aromatic carbocycles. The van der Waals surface area contributed by atoms with Crippen molar-refractivity contribution in [1.29, 1.82) is 0 Å². The molecule has 0 aromatic heterocycles. The van der Waals surface area contributed by atoms with Crippen molar-refractivity contribution in [3.63, 3.8) is 0 Å². The number of aliphatic imine (C=N–C) groups is 1. The van der Waals surface area contributed by atoms with Crippen LogP contribution in [0.15, 0.2) is 4.99 Å². The van der Waals surface area contributed by atoms with Crippen molar-refractivity contribution in [2.75, 3.05) is 31.2 Å². The second kappa shape index (κ2) is 19.7. The summed E-state index contributed by atoms with van der Waals surface area (Å²) in [4.78, 5) is 77.4. The van der Waals surface area contributed by atoms with Crippen molar-refractivity contribution in [1.82, 2.24) is 26.6 Å². The third-order valence-corrected chi connectivity index (χ3v) is 5.98. The topological polar surface area (TPSA) is 314 Å². The molecule has 0 fully saturated rings. The summed E-state index contributed by atoms with van der Waals surface area (Å²) in [5.41, 5.74) is 16.1. The Morgan fingerprint density at radius 1 is 0.829 bits per heavy atom. The normalized spacial score (nSPS) is 15.1. The number of hydrogen-bond acceptors (Lipinski definition) is 12. The zero-order valence-corrected chi connectivity index (χ0v) is 24.1. The van der Waals surface area contributed by atoms with Gasteiger partial charge in [0.25, 0.3) is 0 Å². The van der Waals surface area contributed by atoms with Crippen LogP contribution in [0.5, 0.6) is 0 Å². The molecule has 18 nitrogen and oxygen atoms in total. The van der Waals surface area contributed by atoms with Crippen molar-refractivity contribution in [2.24, 2.45) is 22.2 Å². The highest BCUT2D eigenvalue weighted by atomic mass is 32.1. The summed E-state index contributed by atoms with van der Waals surface area (Å²) in [6, 6.07) is -6.86. The fourth-order valence-corrected chi connectivity index (χ4v) is 3.42. The van der Waals surface area contributed by atoms with E-state index >= 15 is 0 Å². The summed E-state index contributed by atoms with van der Waals surface area (Å²) >= 11 is 7.85. The number of carbonyl (C=O) groups excluding carboxylic acids is 5. The first kappa shape index (κ1) is 37.7. The summed E-state index contributed by atoms with van der Waals surface area (Å²) in [6.45, 7) is -0.312. The Bertz CT molecular complexity index is 951. The van der Waals surface area contributed by atoms with E-state index in [1.54, 1.807) is 0 Å². The number of carboxylic acids is 1. The van der Waals surface area contributed by atoms with Gasteiger partial charge in [-0.1, -0.05) is 0 Å². The van der Waals surface area contributed by atoms with Crippen LogP contribution in [0.2, 0.25) is 0 Å². The van der Waals surface area contributed by atoms with Gasteiger partial charge in [-0.15, -0.1) is 0 Å². The number of aliphatic hydroxyl groups is 2. The first-order chi connectivity index (χ1) is 19.2. The maximum Gasteiger partial charge on any atom is 0.322 e. The van der Waals surface area contributed by atoms with Crippen LogP contribution in [0, 0.1) is 0 Å². The number of hydrogen-bond donors (Lipinski definition) is 13. The molecule has 6 unspecified atom stereocenters. The molecule has 234 valence electrons. The molecule has 0 aliphatic heterocycles. The Labute approximate surface area is 246 Å². The first-order valence-corrected chi connectivity index (χ1v) is 13.5. The van der Waals surface area contributed by atoms with Gasteiger partial charge >= 0.3 is 5.97 Å². The third-order valence-electron chi connectivity index (χ3n) is 5.22. The summed E-state index contributed by atoms with van der Waals surface area (Å²) < 4.78 is 0. The van der Waals surface area contributed by atoms with E-state index in [1.807, 2.05) is 0 Å².